The number of nitrogens with one attached hydrogen (secondary N) is 1. The average Bonchev–Trinajstić information content (AvgIpc) is 3.23. The fraction of sp³-hybridized carbons (Fsp3) is 0.444. The molecule has 2 aromatic rings. The van der Waals surface area contributed by atoms with Crippen molar-refractivity contribution in [2.75, 3.05) is 6.54 Å². The highest BCUT2D eigenvalue weighted by Gasteiger charge is 2.34. The van der Waals surface area contributed by atoms with Crippen molar-refractivity contribution < 1.29 is 9.59 Å². The zero-order valence-electron chi connectivity index (χ0n) is 14.4. The molecule has 0 aromatic carbocycles. The Morgan fingerprint density at radius 3 is 2.76 bits per heavy atom. The van der Waals surface area contributed by atoms with Crippen molar-refractivity contribution in [1.29, 1.82) is 0 Å². The van der Waals surface area contributed by atoms with E-state index in [0.29, 0.717) is 19.5 Å². The maximum Gasteiger partial charge on any atom is 0.243 e. The molecule has 3 heterocycles. The normalized spacial score (nSPS) is 15.6. The van der Waals surface area contributed by atoms with Gasteiger partial charge in [0, 0.05) is 36.3 Å². The van der Waals surface area contributed by atoms with Crippen LogP contribution in [0.2, 0.25) is 0 Å². The van der Waals surface area contributed by atoms with E-state index in [-0.39, 0.29) is 17.7 Å². The Kier molecular flexibility index (Phi) is 5.43. The molecular weight excluding hydrogens is 336 g/mol. The zero-order chi connectivity index (χ0) is 17.8. The van der Waals surface area contributed by atoms with Crippen LogP contribution in [0.4, 0.5) is 0 Å². The first-order chi connectivity index (χ1) is 12.1. The summed E-state index contributed by atoms with van der Waals surface area (Å²) in [5.74, 6) is 0.0414. The second-order valence-corrected chi connectivity index (χ2v) is 7.40. The number of nitrogens with zero attached hydrogens (tertiary/aromatic N) is 3. The fourth-order valence-corrected chi connectivity index (χ4v) is 3.82. The van der Waals surface area contributed by atoms with Gasteiger partial charge in [0.2, 0.25) is 11.8 Å². The standard InChI is InChI=1S/C18H22N4O2S/c1-12(2)17(22-9-3-4-16(22)23)18(24)20-10-15-21-14(11-25-15)13-5-7-19-8-6-13/h5-8,11-12,17H,3-4,9-10H2,1-2H3,(H,20,24). The zero-order valence-corrected chi connectivity index (χ0v) is 15.3. The summed E-state index contributed by atoms with van der Waals surface area (Å²) >= 11 is 1.51. The molecule has 6 nitrogen and oxygen atoms in total. The van der Waals surface area contributed by atoms with E-state index < -0.39 is 6.04 Å². The van der Waals surface area contributed by atoms with Gasteiger partial charge in [-0.05, 0) is 24.5 Å². The molecule has 0 spiro atoms. The molecule has 1 N–H and O–H groups in total. The van der Waals surface area contributed by atoms with Crippen LogP contribution in [0.15, 0.2) is 29.9 Å². The summed E-state index contributed by atoms with van der Waals surface area (Å²) in [6, 6.07) is 3.41. The number of hydrogen-bond acceptors (Lipinski definition) is 5. The first kappa shape index (κ1) is 17.5. The quantitative estimate of drug-likeness (QED) is 0.861. The largest absolute Gasteiger partial charge is 0.348 e. The third-order valence-electron chi connectivity index (χ3n) is 4.29. The van der Waals surface area contributed by atoms with Crippen molar-refractivity contribution in [3.8, 4) is 11.3 Å². The van der Waals surface area contributed by atoms with Crippen LogP contribution in [0.5, 0.6) is 0 Å². The van der Waals surface area contributed by atoms with E-state index in [9.17, 15) is 9.59 Å². The summed E-state index contributed by atoms with van der Waals surface area (Å²) in [5.41, 5.74) is 1.89. The molecule has 3 rings (SSSR count). The predicted molar refractivity (Wildman–Crippen MR) is 96.8 cm³/mol. The summed E-state index contributed by atoms with van der Waals surface area (Å²) in [7, 11) is 0. The predicted octanol–water partition coefficient (Wildman–Crippen LogP) is 2.47. The van der Waals surface area contributed by atoms with E-state index in [1.165, 1.54) is 11.3 Å². The molecular formula is C18H22N4O2S. The number of aromatic nitrogens is 2. The van der Waals surface area contributed by atoms with Crippen molar-refractivity contribution >= 4 is 23.2 Å². The molecule has 1 aliphatic heterocycles. The van der Waals surface area contributed by atoms with Crippen LogP contribution >= 0.6 is 11.3 Å². The van der Waals surface area contributed by atoms with Crippen molar-refractivity contribution in [2.24, 2.45) is 5.92 Å². The minimum Gasteiger partial charge on any atom is -0.348 e. The van der Waals surface area contributed by atoms with Crippen molar-refractivity contribution in [2.45, 2.75) is 39.3 Å². The van der Waals surface area contributed by atoms with Crippen LogP contribution < -0.4 is 5.32 Å². The molecule has 2 aromatic heterocycles. The Balaban J connectivity index is 1.63. The van der Waals surface area contributed by atoms with Crippen LogP contribution in [0.3, 0.4) is 0 Å². The number of carbonyl (C=O) groups excluding carboxylic acids is 2. The molecule has 1 saturated heterocycles. The number of thiazole rings is 1. The topological polar surface area (TPSA) is 75.2 Å². The Morgan fingerprint density at radius 1 is 1.36 bits per heavy atom. The smallest absolute Gasteiger partial charge is 0.243 e. The van der Waals surface area contributed by atoms with E-state index in [0.717, 1.165) is 22.7 Å². The van der Waals surface area contributed by atoms with Gasteiger partial charge < -0.3 is 10.2 Å². The van der Waals surface area contributed by atoms with E-state index in [1.54, 1.807) is 17.3 Å². The number of amides is 2. The van der Waals surface area contributed by atoms with E-state index in [1.807, 2.05) is 31.4 Å². The van der Waals surface area contributed by atoms with Gasteiger partial charge in [0.25, 0.3) is 0 Å². The summed E-state index contributed by atoms with van der Waals surface area (Å²) in [6.07, 6.45) is 4.84. The number of rotatable bonds is 6. The number of likely N-dealkylation sites (tertiary alicyclic amines) is 1. The van der Waals surface area contributed by atoms with Gasteiger partial charge in [-0.2, -0.15) is 0 Å². The molecule has 0 radical (unpaired) electrons. The highest BCUT2D eigenvalue weighted by atomic mass is 32.1. The lowest BCUT2D eigenvalue weighted by molar-refractivity contribution is -0.139. The van der Waals surface area contributed by atoms with E-state index in [4.69, 9.17) is 0 Å². The Hall–Kier alpha value is -2.28. The Labute approximate surface area is 151 Å². The molecule has 7 heteroatoms. The lowest BCUT2D eigenvalue weighted by Gasteiger charge is -2.29. The molecule has 0 aliphatic carbocycles. The maximum absolute atomic E-state index is 12.6. The number of carbonyl (C=O) groups is 2. The van der Waals surface area contributed by atoms with Gasteiger partial charge in [0.05, 0.1) is 12.2 Å². The SMILES string of the molecule is CC(C)C(C(=O)NCc1nc(-c2ccncc2)cs1)N1CCCC1=O. The Morgan fingerprint density at radius 2 is 2.12 bits per heavy atom. The minimum atomic E-state index is -0.408. The second-order valence-electron chi connectivity index (χ2n) is 6.46. The number of pyridine rings is 1. The maximum atomic E-state index is 12.6. The summed E-state index contributed by atoms with van der Waals surface area (Å²) < 4.78 is 0. The van der Waals surface area contributed by atoms with Crippen molar-refractivity contribution in [3.63, 3.8) is 0 Å². The summed E-state index contributed by atoms with van der Waals surface area (Å²) in [6.45, 7) is 4.99. The van der Waals surface area contributed by atoms with Gasteiger partial charge in [0.1, 0.15) is 11.0 Å². The van der Waals surface area contributed by atoms with Gasteiger partial charge >= 0.3 is 0 Å². The summed E-state index contributed by atoms with van der Waals surface area (Å²) in [4.78, 5) is 34.9. The summed E-state index contributed by atoms with van der Waals surface area (Å²) in [5, 5.41) is 5.76. The Bertz CT molecular complexity index is 745. The van der Waals surface area contributed by atoms with Crippen LogP contribution in [0.25, 0.3) is 11.3 Å². The lowest BCUT2D eigenvalue weighted by Crippen LogP contribution is -2.50. The molecule has 1 aliphatic rings. The minimum absolute atomic E-state index is 0.0723. The molecule has 1 atom stereocenters. The molecule has 1 unspecified atom stereocenters. The molecule has 0 bridgehead atoms. The molecule has 132 valence electrons. The van der Waals surface area contributed by atoms with Gasteiger partial charge in [-0.1, -0.05) is 13.8 Å². The second kappa shape index (κ2) is 7.74. The van der Waals surface area contributed by atoms with Crippen molar-refractivity contribution in [3.05, 3.63) is 34.9 Å². The number of hydrogen-bond donors (Lipinski definition) is 1. The average molecular weight is 358 g/mol. The van der Waals surface area contributed by atoms with Gasteiger partial charge in [-0.3, -0.25) is 14.6 Å². The highest BCUT2D eigenvalue weighted by molar-refractivity contribution is 7.09. The van der Waals surface area contributed by atoms with Gasteiger partial charge in [-0.25, -0.2) is 4.98 Å². The van der Waals surface area contributed by atoms with Gasteiger partial charge in [-0.15, -0.1) is 11.3 Å². The van der Waals surface area contributed by atoms with Crippen LogP contribution in [-0.2, 0) is 16.1 Å². The van der Waals surface area contributed by atoms with Gasteiger partial charge in [0.15, 0.2) is 0 Å². The highest BCUT2D eigenvalue weighted by Crippen LogP contribution is 2.22. The lowest BCUT2D eigenvalue weighted by atomic mass is 10.0. The van der Waals surface area contributed by atoms with Crippen LogP contribution in [-0.4, -0.2) is 39.3 Å². The fourth-order valence-electron chi connectivity index (χ4n) is 3.08. The molecule has 1 fully saturated rings. The first-order valence-corrected chi connectivity index (χ1v) is 9.36. The van der Waals surface area contributed by atoms with E-state index >= 15 is 0 Å². The third-order valence-corrected chi connectivity index (χ3v) is 5.14. The third kappa shape index (κ3) is 4.04. The molecule has 0 saturated carbocycles. The van der Waals surface area contributed by atoms with Crippen LogP contribution in [0.1, 0.15) is 31.7 Å². The van der Waals surface area contributed by atoms with E-state index in [2.05, 4.69) is 15.3 Å². The molecule has 2 amide bonds. The van der Waals surface area contributed by atoms with Crippen LogP contribution in [0, 0.1) is 5.92 Å². The first-order valence-electron chi connectivity index (χ1n) is 8.48. The monoisotopic (exact) mass is 358 g/mol. The molecule has 25 heavy (non-hydrogen) atoms. The van der Waals surface area contributed by atoms with Crippen molar-refractivity contribution in [1.82, 2.24) is 20.2 Å².